The average molecular weight is 252 g/mol. The summed E-state index contributed by atoms with van der Waals surface area (Å²) in [5, 5.41) is 17.3. The van der Waals surface area contributed by atoms with E-state index < -0.39 is 23.1 Å². The number of benzene rings is 1. The normalized spacial score (nSPS) is 13.5. The lowest BCUT2D eigenvalue weighted by Gasteiger charge is -2.09. The Kier molecular flexibility index (Phi) is 3.82. The topological polar surface area (TPSA) is 57.5 Å². The Morgan fingerprint density at radius 3 is 2.50 bits per heavy atom. The third-order valence-electron chi connectivity index (χ3n) is 1.62. The van der Waals surface area contributed by atoms with Crippen molar-refractivity contribution in [3.8, 4) is 0 Å². The Labute approximate surface area is 92.9 Å². The first-order valence-corrected chi connectivity index (χ1v) is 4.93. The van der Waals surface area contributed by atoms with Gasteiger partial charge in [0.15, 0.2) is 0 Å². The van der Waals surface area contributed by atoms with Crippen LogP contribution in [-0.4, -0.2) is 21.6 Å². The highest BCUT2D eigenvalue weighted by Gasteiger charge is 2.30. The smallest absolute Gasteiger partial charge is 0.416 e. The second-order valence-electron chi connectivity index (χ2n) is 2.83. The maximum Gasteiger partial charge on any atom is 0.416 e. The monoisotopic (exact) mass is 252 g/mol. The van der Waals surface area contributed by atoms with E-state index in [0.29, 0.717) is 11.8 Å². The largest absolute Gasteiger partial charge is 0.479 e. The maximum atomic E-state index is 12.3. The zero-order chi connectivity index (χ0) is 12.3. The minimum atomic E-state index is -4.48. The fourth-order valence-electron chi connectivity index (χ4n) is 0.925. The van der Waals surface area contributed by atoms with Crippen molar-refractivity contribution < 1.29 is 28.2 Å². The first-order valence-electron chi connectivity index (χ1n) is 4.05. The van der Waals surface area contributed by atoms with Crippen molar-refractivity contribution in [2.75, 3.05) is 0 Å². The summed E-state index contributed by atoms with van der Waals surface area (Å²) in [6.45, 7) is 0. The Bertz CT molecular complexity index is 392. The summed E-state index contributed by atoms with van der Waals surface area (Å²) in [5.41, 5.74) is -2.65. The number of alkyl halides is 3. The van der Waals surface area contributed by atoms with Gasteiger partial charge in [-0.1, -0.05) is 17.8 Å². The Balaban J connectivity index is 2.87. The third kappa shape index (κ3) is 3.42. The fraction of sp³-hybridized carbons (Fsp3) is 0.222. The Hall–Kier alpha value is -1.21. The molecular formula is C9H7F3O3S. The van der Waals surface area contributed by atoms with Crippen LogP contribution in [0.15, 0.2) is 29.2 Å². The number of hydrogen-bond donors (Lipinski definition) is 2. The summed E-state index contributed by atoms with van der Waals surface area (Å²) in [5.74, 6) is -1.50. The van der Waals surface area contributed by atoms with Gasteiger partial charge in [0.2, 0.25) is 5.44 Å². The molecule has 0 heterocycles. The van der Waals surface area contributed by atoms with Gasteiger partial charge < -0.3 is 10.2 Å². The zero-order valence-corrected chi connectivity index (χ0v) is 8.55. The molecule has 0 aromatic heterocycles. The molecule has 16 heavy (non-hydrogen) atoms. The SMILES string of the molecule is O=C(O)C(O)Sc1cccc(C(F)(F)F)c1. The summed E-state index contributed by atoms with van der Waals surface area (Å²) < 4.78 is 36.8. The molecule has 0 aliphatic rings. The van der Waals surface area contributed by atoms with Crippen LogP contribution >= 0.6 is 11.8 Å². The number of aliphatic carboxylic acids is 1. The van der Waals surface area contributed by atoms with Gasteiger partial charge in [0.1, 0.15) is 0 Å². The number of hydrogen-bond acceptors (Lipinski definition) is 3. The van der Waals surface area contributed by atoms with Crippen molar-refractivity contribution >= 4 is 17.7 Å². The molecule has 0 aliphatic heterocycles. The minimum Gasteiger partial charge on any atom is -0.479 e. The molecule has 0 amide bonds. The molecule has 1 aromatic carbocycles. The van der Waals surface area contributed by atoms with Crippen LogP contribution in [0.5, 0.6) is 0 Å². The second-order valence-corrected chi connectivity index (χ2v) is 3.99. The van der Waals surface area contributed by atoms with Crippen LogP contribution in [0.1, 0.15) is 5.56 Å². The van der Waals surface area contributed by atoms with Gasteiger partial charge in [-0.25, -0.2) is 4.79 Å². The molecule has 0 saturated carbocycles. The van der Waals surface area contributed by atoms with Gasteiger partial charge in [-0.3, -0.25) is 0 Å². The molecule has 0 radical (unpaired) electrons. The zero-order valence-electron chi connectivity index (χ0n) is 7.73. The van der Waals surface area contributed by atoms with E-state index in [-0.39, 0.29) is 4.90 Å². The lowest BCUT2D eigenvalue weighted by atomic mass is 10.2. The molecule has 2 N–H and O–H groups in total. The van der Waals surface area contributed by atoms with Crippen LogP contribution in [-0.2, 0) is 11.0 Å². The van der Waals surface area contributed by atoms with Crippen LogP contribution in [0.4, 0.5) is 13.2 Å². The molecule has 0 aliphatic carbocycles. The molecular weight excluding hydrogens is 245 g/mol. The minimum absolute atomic E-state index is 0.0460. The van der Waals surface area contributed by atoms with Crippen molar-refractivity contribution in [2.24, 2.45) is 0 Å². The molecule has 0 saturated heterocycles. The highest BCUT2D eigenvalue weighted by Crippen LogP contribution is 2.32. The van der Waals surface area contributed by atoms with Crippen molar-refractivity contribution in [1.29, 1.82) is 0 Å². The second kappa shape index (κ2) is 4.75. The third-order valence-corrected chi connectivity index (χ3v) is 2.57. The lowest BCUT2D eigenvalue weighted by molar-refractivity contribution is -0.142. The number of halogens is 3. The molecule has 1 unspecified atom stereocenters. The molecule has 1 rings (SSSR count). The summed E-state index contributed by atoms with van der Waals surface area (Å²) in [6.07, 6.45) is -4.48. The van der Waals surface area contributed by atoms with Crippen LogP contribution in [0.25, 0.3) is 0 Å². The average Bonchev–Trinajstić information content (AvgIpc) is 2.16. The quantitative estimate of drug-likeness (QED) is 0.639. The van der Waals surface area contributed by atoms with Gasteiger partial charge in [-0.2, -0.15) is 13.2 Å². The predicted molar refractivity (Wildman–Crippen MR) is 50.9 cm³/mol. The van der Waals surface area contributed by atoms with E-state index >= 15 is 0 Å². The summed E-state index contributed by atoms with van der Waals surface area (Å²) in [4.78, 5) is 10.3. The van der Waals surface area contributed by atoms with Crippen molar-refractivity contribution in [3.05, 3.63) is 29.8 Å². The number of aliphatic hydroxyl groups is 1. The molecule has 1 aromatic rings. The van der Waals surface area contributed by atoms with E-state index in [0.717, 1.165) is 18.2 Å². The first-order chi connectivity index (χ1) is 7.30. The molecule has 1 atom stereocenters. The highest BCUT2D eigenvalue weighted by atomic mass is 32.2. The Morgan fingerprint density at radius 1 is 1.38 bits per heavy atom. The summed E-state index contributed by atoms with van der Waals surface area (Å²) in [7, 11) is 0. The molecule has 0 bridgehead atoms. The van der Waals surface area contributed by atoms with Crippen molar-refractivity contribution in [2.45, 2.75) is 16.5 Å². The van der Waals surface area contributed by atoms with Crippen molar-refractivity contribution in [3.63, 3.8) is 0 Å². The predicted octanol–water partition coefficient (Wildman–Crippen LogP) is 2.20. The van der Waals surface area contributed by atoms with E-state index in [4.69, 9.17) is 10.2 Å². The molecule has 7 heteroatoms. The fourth-order valence-corrected chi connectivity index (χ4v) is 1.64. The number of rotatable bonds is 3. The van der Waals surface area contributed by atoms with Gasteiger partial charge in [0, 0.05) is 4.90 Å². The van der Waals surface area contributed by atoms with E-state index in [1.54, 1.807) is 0 Å². The van der Waals surface area contributed by atoms with Crippen molar-refractivity contribution in [1.82, 2.24) is 0 Å². The van der Waals surface area contributed by atoms with Crippen LogP contribution in [0, 0.1) is 0 Å². The number of carbonyl (C=O) groups is 1. The molecule has 3 nitrogen and oxygen atoms in total. The molecule has 0 fully saturated rings. The lowest BCUT2D eigenvalue weighted by Crippen LogP contribution is -2.14. The van der Waals surface area contributed by atoms with Crippen LogP contribution in [0.2, 0.25) is 0 Å². The van der Waals surface area contributed by atoms with Crippen LogP contribution < -0.4 is 0 Å². The summed E-state index contributed by atoms with van der Waals surface area (Å²) in [6, 6.07) is 4.11. The number of carboxylic acids is 1. The summed E-state index contributed by atoms with van der Waals surface area (Å²) >= 11 is 0.438. The van der Waals surface area contributed by atoms with E-state index in [1.807, 2.05) is 0 Å². The van der Waals surface area contributed by atoms with E-state index in [2.05, 4.69) is 0 Å². The van der Waals surface area contributed by atoms with E-state index in [1.165, 1.54) is 6.07 Å². The number of carboxylic acid groups (broad SMARTS) is 1. The highest BCUT2D eigenvalue weighted by molar-refractivity contribution is 8.00. The Morgan fingerprint density at radius 2 is 2.00 bits per heavy atom. The van der Waals surface area contributed by atoms with Gasteiger partial charge in [0.25, 0.3) is 0 Å². The first kappa shape index (κ1) is 12.9. The van der Waals surface area contributed by atoms with Gasteiger partial charge in [-0.15, -0.1) is 0 Å². The van der Waals surface area contributed by atoms with Gasteiger partial charge in [0.05, 0.1) is 5.56 Å². The molecule has 0 spiro atoms. The number of aliphatic hydroxyl groups excluding tert-OH is 1. The van der Waals surface area contributed by atoms with E-state index in [9.17, 15) is 18.0 Å². The standard InChI is InChI=1S/C9H7F3O3S/c10-9(11,12)5-2-1-3-6(4-5)16-8(15)7(13)14/h1-4,8,15H,(H,13,14). The number of thioether (sulfide) groups is 1. The maximum absolute atomic E-state index is 12.3. The van der Waals surface area contributed by atoms with Crippen LogP contribution in [0.3, 0.4) is 0 Å². The van der Waals surface area contributed by atoms with Gasteiger partial charge in [-0.05, 0) is 18.2 Å². The van der Waals surface area contributed by atoms with Gasteiger partial charge >= 0.3 is 12.1 Å². The molecule has 88 valence electrons.